The molecule has 4 aromatic carbocycles. The number of halogens is 2. The van der Waals surface area contributed by atoms with Crippen molar-refractivity contribution in [2.24, 2.45) is 0 Å². The standard InChI is InChI=1S/C22H26N2O6P2.C14H8Br2N2.CH4/c1-5-27-22(31-25,28-6-2)21-12-11-17-18(20(21)14-24)10-9-16(19(17)13-23)15-32(26,29-7-3)30-8-4;15-5-9-1-3-11-12(13(9)7-17)4-2-10(6-16)14(11)8-18;/h9-12H,5-8,15H2,1-4H3;1-4H,5-6H2;1H4. The monoisotopic (exact) mass is 854 g/mol. The first-order valence-electron chi connectivity index (χ1n) is 15.5. The zero-order valence-corrected chi connectivity index (χ0v) is 32.9. The minimum atomic E-state index is -3.44. The largest absolute Gasteiger partial charge is 0.337 e. The lowest BCUT2D eigenvalue weighted by atomic mass is 9.94. The summed E-state index contributed by atoms with van der Waals surface area (Å²) in [6.45, 7) is 7.75. The van der Waals surface area contributed by atoms with E-state index in [1.54, 1.807) is 52.0 Å². The van der Waals surface area contributed by atoms with E-state index in [1.807, 2.05) is 24.3 Å². The maximum absolute atomic E-state index is 13.0. The summed E-state index contributed by atoms with van der Waals surface area (Å²) >= 11 is 6.75. The van der Waals surface area contributed by atoms with Gasteiger partial charge in [-0.3, -0.25) is 9.13 Å². The summed E-state index contributed by atoms with van der Waals surface area (Å²) in [7, 11) is -3.89. The fourth-order valence-electron chi connectivity index (χ4n) is 5.50. The summed E-state index contributed by atoms with van der Waals surface area (Å²) in [6.07, 6.45) is -0.0713. The Kier molecular flexibility index (Phi) is 17.6. The summed E-state index contributed by atoms with van der Waals surface area (Å²) in [5.74, 6) is 0. The number of hydrogen-bond acceptors (Lipinski definition) is 10. The number of hydrogen-bond donors (Lipinski definition) is 0. The van der Waals surface area contributed by atoms with Gasteiger partial charge in [-0.2, -0.15) is 21.0 Å². The molecule has 14 heteroatoms. The maximum atomic E-state index is 13.0. The Morgan fingerprint density at radius 2 is 1.00 bits per heavy atom. The maximum Gasteiger partial charge on any atom is 0.335 e. The van der Waals surface area contributed by atoms with Crippen molar-refractivity contribution in [3.63, 3.8) is 0 Å². The van der Waals surface area contributed by atoms with Gasteiger partial charge in [0.2, 0.25) is 8.46 Å². The predicted molar refractivity (Wildman–Crippen MR) is 206 cm³/mol. The fourth-order valence-corrected chi connectivity index (χ4v) is 8.81. The Balaban J connectivity index is 0.000000401. The Hall–Kier alpha value is -3.51. The normalized spacial score (nSPS) is 11.1. The highest BCUT2D eigenvalue weighted by Crippen LogP contribution is 2.52. The molecule has 51 heavy (non-hydrogen) atoms. The first-order valence-corrected chi connectivity index (χ1v) is 20.3. The SMILES string of the molecule is C.CCOC(OCC)(P=O)c1ccc2c(C#N)c(CP(=O)(OCC)OCC)ccc2c1C#N.N#Cc1c(CBr)ccc2c(C#N)c(CBr)ccc12. The van der Waals surface area contributed by atoms with Gasteiger partial charge in [0.15, 0.2) is 0 Å². The van der Waals surface area contributed by atoms with E-state index < -0.39 is 21.6 Å². The van der Waals surface area contributed by atoms with Crippen LogP contribution in [0.4, 0.5) is 0 Å². The number of alkyl halides is 2. The van der Waals surface area contributed by atoms with E-state index >= 15 is 0 Å². The molecule has 4 aromatic rings. The number of fused-ring (bicyclic) bond motifs is 2. The summed E-state index contributed by atoms with van der Waals surface area (Å²) in [5.41, 5.74) is 2.79. The molecular weight excluding hydrogens is 818 g/mol. The topological polar surface area (TPSA) is 166 Å². The molecule has 0 aliphatic rings. The average Bonchev–Trinajstić information content (AvgIpc) is 3.13. The minimum Gasteiger partial charge on any atom is -0.337 e. The van der Waals surface area contributed by atoms with Gasteiger partial charge in [-0.1, -0.05) is 87.8 Å². The van der Waals surface area contributed by atoms with E-state index in [1.165, 1.54) is 0 Å². The summed E-state index contributed by atoms with van der Waals surface area (Å²) in [4.78, 5) is 0. The van der Waals surface area contributed by atoms with Crippen molar-refractivity contribution in [1.29, 1.82) is 21.0 Å². The molecule has 0 radical (unpaired) electrons. The van der Waals surface area contributed by atoms with Crippen molar-refractivity contribution in [1.82, 2.24) is 0 Å². The van der Waals surface area contributed by atoms with Crippen molar-refractivity contribution < 1.29 is 27.7 Å². The third-order valence-electron chi connectivity index (χ3n) is 7.55. The molecule has 0 heterocycles. The Morgan fingerprint density at radius 1 is 0.627 bits per heavy atom. The van der Waals surface area contributed by atoms with Crippen LogP contribution in [0.25, 0.3) is 21.5 Å². The lowest BCUT2D eigenvalue weighted by molar-refractivity contribution is -0.176. The van der Waals surface area contributed by atoms with Crippen LogP contribution in [0, 0.1) is 45.3 Å². The van der Waals surface area contributed by atoms with Gasteiger partial charge in [0.1, 0.15) is 24.3 Å². The van der Waals surface area contributed by atoms with Crippen molar-refractivity contribution in [2.45, 2.75) is 57.5 Å². The smallest absolute Gasteiger partial charge is 0.335 e. The van der Waals surface area contributed by atoms with Crippen molar-refractivity contribution in [3.05, 3.63) is 93.0 Å². The Bertz CT molecular complexity index is 2020. The molecule has 0 spiro atoms. The van der Waals surface area contributed by atoms with Gasteiger partial charge in [-0.15, -0.1) is 0 Å². The quantitative estimate of drug-likeness (QED) is 0.0676. The van der Waals surface area contributed by atoms with Crippen molar-refractivity contribution in [2.75, 3.05) is 26.4 Å². The van der Waals surface area contributed by atoms with Crippen molar-refractivity contribution in [3.8, 4) is 24.3 Å². The van der Waals surface area contributed by atoms with Crippen LogP contribution in [0.5, 0.6) is 0 Å². The Labute approximate surface area is 317 Å². The summed E-state index contributed by atoms with van der Waals surface area (Å²) in [6, 6.07) is 22.9. The van der Waals surface area contributed by atoms with Gasteiger partial charge >= 0.3 is 7.60 Å². The summed E-state index contributed by atoms with van der Waals surface area (Å²) in [5, 5.41) is 42.3. The van der Waals surface area contributed by atoms with Crippen LogP contribution in [0.3, 0.4) is 0 Å². The molecule has 0 unspecified atom stereocenters. The molecule has 0 aliphatic heterocycles. The van der Waals surface area contributed by atoms with E-state index in [-0.39, 0.29) is 51.1 Å². The number of nitriles is 4. The zero-order valence-electron chi connectivity index (χ0n) is 28.0. The van der Waals surface area contributed by atoms with Gasteiger partial charge < -0.3 is 18.5 Å². The Morgan fingerprint density at radius 3 is 1.35 bits per heavy atom. The van der Waals surface area contributed by atoms with Gasteiger partial charge in [0, 0.05) is 51.0 Å². The van der Waals surface area contributed by atoms with Crippen LogP contribution < -0.4 is 0 Å². The number of benzene rings is 4. The van der Waals surface area contributed by atoms with E-state index in [0.717, 1.165) is 21.9 Å². The molecule has 0 saturated heterocycles. The molecule has 0 N–H and O–H groups in total. The second-order valence-electron chi connectivity index (χ2n) is 10.3. The molecule has 0 amide bonds. The molecule has 266 valence electrons. The van der Waals surface area contributed by atoms with E-state index in [2.05, 4.69) is 56.1 Å². The average molecular weight is 856 g/mol. The van der Waals surface area contributed by atoms with Crippen LogP contribution in [-0.2, 0) is 50.0 Å². The first kappa shape index (κ1) is 43.7. The first-order chi connectivity index (χ1) is 24.1. The molecule has 0 atom stereocenters. The molecule has 0 bridgehead atoms. The van der Waals surface area contributed by atoms with Crippen LogP contribution in [0.2, 0.25) is 0 Å². The van der Waals surface area contributed by atoms with E-state index in [0.29, 0.717) is 43.7 Å². The molecule has 10 nitrogen and oxygen atoms in total. The second-order valence-corrected chi connectivity index (χ2v) is 14.3. The molecule has 0 saturated carbocycles. The lowest BCUT2D eigenvalue weighted by Crippen LogP contribution is -2.28. The second kappa shape index (κ2) is 20.5. The van der Waals surface area contributed by atoms with Crippen LogP contribution in [-0.4, -0.2) is 26.4 Å². The van der Waals surface area contributed by atoms with Crippen LogP contribution >= 0.6 is 47.9 Å². The summed E-state index contributed by atoms with van der Waals surface area (Å²) < 4.78 is 47.2. The molecule has 0 aromatic heterocycles. The van der Waals surface area contributed by atoms with Crippen LogP contribution in [0.15, 0.2) is 48.5 Å². The minimum absolute atomic E-state index is 0. The fraction of sp³-hybridized carbons (Fsp3) is 0.351. The molecule has 0 fully saturated rings. The van der Waals surface area contributed by atoms with E-state index in [4.69, 9.17) is 18.5 Å². The number of rotatable bonds is 14. The molecular formula is C37H38Br2N4O6P2. The highest BCUT2D eigenvalue weighted by Gasteiger charge is 2.38. The number of ether oxygens (including phenoxy) is 2. The lowest BCUT2D eigenvalue weighted by Gasteiger charge is -2.28. The number of nitrogens with zero attached hydrogens (tertiary/aromatic N) is 4. The van der Waals surface area contributed by atoms with Crippen LogP contribution in [0.1, 0.15) is 79.6 Å². The highest BCUT2D eigenvalue weighted by molar-refractivity contribution is 9.08. The zero-order chi connectivity index (χ0) is 36.9. The third kappa shape index (κ3) is 9.49. The molecule has 4 rings (SSSR count). The van der Waals surface area contributed by atoms with Gasteiger partial charge in [0.05, 0.1) is 41.6 Å². The van der Waals surface area contributed by atoms with Gasteiger partial charge in [-0.05, 0) is 44.4 Å². The molecule has 0 aliphatic carbocycles. The van der Waals surface area contributed by atoms with Crippen molar-refractivity contribution >= 4 is 69.5 Å². The van der Waals surface area contributed by atoms with E-state index in [9.17, 15) is 30.2 Å². The highest BCUT2D eigenvalue weighted by atomic mass is 79.9. The van der Waals surface area contributed by atoms with Gasteiger partial charge in [0.25, 0.3) is 5.53 Å². The van der Waals surface area contributed by atoms with Gasteiger partial charge in [-0.25, -0.2) is 0 Å². The predicted octanol–water partition coefficient (Wildman–Crippen LogP) is 10.8. The third-order valence-corrected chi connectivity index (χ3v) is 11.5.